The van der Waals surface area contributed by atoms with Gasteiger partial charge in [0.15, 0.2) is 29.2 Å². The topological polar surface area (TPSA) is 157 Å². The van der Waals surface area contributed by atoms with Gasteiger partial charge in [-0.05, 0) is 42.5 Å². The van der Waals surface area contributed by atoms with Gasteiger partial charge >= 0.3 is 0 Å². The maximum absolute atomic E-state index is 12.8. The molecule has 0 spiro atoms. The molecule has 2 aromatic heterocycles. The van der Waals surface area contributed by atoms with Crippen molar-refractivity contribution in [3.05, 3.63) is 76.7 Å². The fourth-order valence-electron chi connectivity index (χ4n) is 6.04. The largest absolute Gasteiger partial charge is 0.668 e. The SMILES string of the molecule is CCCCCCCC(=O)[C@H](O)C(=O)CCc1cc(OC)c(O)c([C@@H]2c3ccnc(N)c3C=C[C@@]2(CO)Cc2ccc[n-]2)c1. The molecule has 0 radical (unpaired) electrons. The number of Topliss-reactive ketones (excluding diaryl/α,β-unsaturated/α-hetero) is 2. The number of benzene rings is 1. The van der Waals surface area contributed by atoms with Gasteiger partial charge in [-0.3, -0.25) is 9.59 Å². The van der Waals surface area contributed by atoms with Crippen molar-refractivity contribution in [2.75, 3.05) is 19.5 Å². The molecule has 0 aliphatic heterocycles. The van der Waals surface area contributed by atoms with Gasteiger partial charge < -0.3 is 30.8 Å². The molecule has 230 valence electrons. The van der Waals surface area contributed by atoms with E-state index in [0.29, 0.717) is 35.3 Å². The van der Waals surface area contributed by atoms with E-state index in [9.17, 15) is 24.9 Å². The van der Waals surface area contributed by atoms with Crippen LogP contribution in [-0.2, 0) is 22.4 Å². The Hall–Kier alpha value is -3.95. The molecule has 43 heavy (non-hydrogen) atoms. The van der Waals surface area contributed by atoms with Gasteiger partial charge in [0.25, 0.3) is 0 Å². The standard InChI is InChI=1S/C34H42N3O6/c1-3-4-5-6-7-10-27(39)32(42)28(40)12-11-22-18-26(31(41)29(19-22)43-2)30-24-14-17-37-33(35)25(24)13-15-34(30,21-38)20-23-9-8-16-36-23/h8-9,13-19,30,32,38,41-42H,3-7,10-12,20-21H2,1-2H3,(H2,35,37)/q-1/t30-,32-,34-/m0/s1. The van der Waals surface area contributed by atoms with E-state index in [0.717, 1.165) is 36.9 Å². The van der Waals surface area contributed by atoms with Gasteiger partial charge in [-0.2, -0.15) is 11.9 Å². The molecule has 3 atom stereocenters. The van der Waals surface area contributed by atoms with Crippen LogP contribution in [0.2, 0.25) is 0 Å². The number of aryl methyl sites for hydroxylation is 1. The first kappa shape index (κ1) is 32.0. The van der Waals surface area contributed by atoms with Crippen LogP contribution >= 0.6 is 0 Å². The number of carbonyl (C=O) groups excluding carboxylic acids is 2. The lowest BCUT2D eigenvalue weighted by Gasteiger charge is -2.42. The quantitative estimate of drug-likeness (QED) is 0.140. The van der Waals surface area contributed by atoms with Crippen LogP contribution in [0.4, 0.5) is 5.82 Å². The molecule has 1 aromatic carbocycles. The van der Waals surface area contributed by atoms with Crippen LogP contribution < -0.4 is 15.5 Å². The van der Waals surface area contributed by atoms with Crippen LogP contribution in [0, 0.1) is 5.41 Å². The number of pyridine rings is 1. The fraction of sp³-hybridized carbons (Fsp3) is 0.441. The van der Waals surface area contributed by atoms with Crippen LogP contribution in [0.1, 0.15) is 85.7 Å². The molecule has 0 saturated heterocycles. The maximum Gasteiger partial charge on any atom is 0.170 e. The second-order valence-electron chi connectivity index (χ2n) is 11.4. The lowest BCUT2D eigenvalue weighted by atomic mass is 9.63. The molecule has 1 aliphatic carbocycles. The number of hydrogen-bond donors (Lipinski definition) is 4. The second-order valence-corrected chi connectivity index (χ2v) is 11.4. The van der Waals surface area contributed by atoms with Crippen LogP contribution in [0.3, 0.4) is 0 Å². The number of anilines is 1. The Kier molecular flexibility index (Phi) is 10.8. The Bertz CT molecular complexity index is 1430. The number of rotatable bonds is 16. The number of methoxy groups -OCH3 is 1. The Morgan fingerprint density at radius 3 is 2.58 bits per heavy atom. The first-order valence-electron chi connectivity index (χ1n) is 15.0. The number of aliphatic hydroxyl groups is 2. The van der Waals surface area contributed by atoms with Crippen LogP contribution in [0.25, 0.3) is 6.08 Å². The van der Waals surface area contributed by atoms with Gasteiger partial charge in [0.2, 0.25) is 0 Å². The molecule has 0 unspecified atom stereocenters. The molecule has 0 fully saturated rings. The number of fused-ring (bicyclic) bond motifs is 1. The Morgan fingerprint density at radius 2 is 1.88 bits per heavy atom. The van der Waals surface area contributed by atoms with Crippen molar-refractivity contribution >= 4 is 23.5 Å². The Balaban J connectivity index is 1.64. The van der Waals surface area contributed by atoms with E-state index in [2.05, 4.69) is 16.9 Å². The number of aromatic nitrogens is 2. The number of nitrogens with zero attached hydrogens (tertiary/aromatic N) is 2. The second kappa shape index (κ2) is 14.5. The average Bonchev–Trinajstić information content (AvgIpc) is 3.52. The minimum absolute atomic E-state index is 0.0588. The lowest BCUT2D eigenvalue weighted by molar-refractivity contribution is -0.138. The highest BCUT2D eigenvalue weighted by Crippen LogP contribution is 2.53. The van der Waals surface area contributed by atoms with E-state index in [4.69, 9.17) is 10.5 Å². The first-order chi connectivity index (χ1) is 20.7. The molecule has 0 saturated carbocycles. The minimum atomic E-state index is -1.64. The summed E-state index contributed by atoms with van der Waals surface area (Å²) in [5.41, 5.74) is 8.78. The van der Waals surface area contributed by atoms with E-state index < -0.39 is 29.0 Å². The number of aliphatic hydroxyl groups excluding tert-OH is 2. The van der Waals surface area contributed by atoms with Gasteiger partial charge in [0.05, 0.1) is 13.7 Å². The minimum Gasteiger partial charge on any atom is -0.668 e. The smallest absolute Gasteiger partial charge is 0.170 e. The van der Waals surface area contributed by atoms with E-state index in [-0.39, 0.29) is 37.4 Å². The van der Waals surface area contributed by atoms with Crippen molar-refractivity contribution < 1.29 is 29.6 Å². The molecular formula is C34H42N3O6-. The van der Waals surface area contributed by atoms with Gasteiger partial charge in [-0.25, -0.2) is 4.98 Å². The molecule has 0 bridgehead atoms. The third kappa shape index (κ3) is 7.17. The average molecular weight is 589 g/mol. The number of nitrogens with two attached hydrogens (primary N) is 1. The fourth-order valence-corrected chi connectivity index (χ4v) is 6.04. The van der Waals surface area contributed by atoms with Gasteiger partial charge in [-0.15, -0.1) is 0 Å². The summed E-state index contributed by atoms with van der Waals surface area (Å²) in [6, 6.07) is 8.99. The first-order valence-corrected chi connectivity index (χ1v) is 15.0. The summed E-state index contributed by atoms with van der Waals surface area (Å²) in [6.07, 6.45) is 10.9. The molecule has 9 nitrogen and oxygen atoms in total. The number of phenols is 1. The van der Waals surface area contributed by atoms with E-state index in [1.807, 2.05) is 30.4 Å². The van der Waals surface area contributed by atoms with Crippen molar-refractivity contribution in [1.29, 1.82) is 0 Å². The van der Waals surface area contributed by atoms with Crippen molar-refractivity contribution in [2.24, 2.45) is 5.41 Å². The molecule has 2 heterocycles. The van der Waals surface area contributed by atoms with E-state index in [1.165, 1.54) is 7.11 Å². The third-order valence-electron chi connectivity index (χ3n) is 8.43. The van der Waals surface area contributed by atoms with Crippen molar-refractivity contribution in [1.82, 2.24) is 9.97 Å². The maximum atomic E-state index is 12.8. The zero-order chi connectivity index (χ0) is 31.0. The highest BCUT2D eigenvalue weighted by atomic mass is 16.5. The van der Waals surface area contributed by atoms with Gasteiger partial charge in [0, 0.05) is 41.5 Å². The predicted molar refractivity (Wildman–Crippen MR) is 165 cm³/mol. The number of ketones is 2. The number of phenolic OH excluding ortho intramolecular Hbond substituents is 1. The molecule has 0 amide bonds. The summed E-state index contributed by atoms with van der Waals surface area (Å²) >= 11 is 0. The number of nitrogen functional groups attached to an aromatic ring is 1. The van der Waals surface area contributed by atoms with Gasteiger partial charge in [0.1, 0.15) is 5.82 Å². The van der Waals surface area contributed by atoms with Crippen LogP contribution in [-0.4, -0.2) is 51.7 Å². The van der Waals surface area contributed by atoms with Crippen LogP contribution in [0.5, 0.6) is 11.5 Å². The van der Waals surface area contributed by atoms with Crippen LogP contribution in [0.15, 0.2) is 48.8 Å². The Labute approximate surface area is 252 Å². The van der Waals surface area contributed by atoms with Crippen molar-refractivity contribution in [3.63, 3.8) is 0 Å². The monoisotopic (exact) mass is 588 g/mol. The number of ether oxygens (including phenoxy) is 1. The molecule has 5 N–H and O–H groups in total. The summed E-state index contributed by atoms with van der Waals surface area (Å²) in [5.74, 6) is -1.11. The molecule has 4 rings (SSSR count). The molecule has 1 aliphatic rings. The third-order valence-corrected chi connectivity index (χ3v) is 8.43. The summed E-state index contributed by atoms with van der Waals surface area (Å²) in [5, 5.41) is 32.8. The van der Waals surface area contributed by atoms with Gasteiger partial charge in [-0.1, -0.05) is 63.0 Å². The molecular weight excluding hydrogens is 546 g/mol. The van der Waals surface area contributed by atoms with E-state index >= 15 is 0 Å². The highest BCUT2D eigenvalue weighted by molar-refractivity contribution is 6.05. The number of carbonyl (C=O) groups is 2. The number of unbranched alkanes of at least 4 members (excludes halogenated alkanes) is 4. The predicted octanol–water partition coefficient (Wildman–Crippen LogP) is 4.51. The summed E-state index contributed by atoms with van der Waals surface area (Å²) in [6.45, 7) is 1.86. The zero-order valence-corrected chi connectivity index (χ0v) is 25.0. The van der Waals surface area contributed by atoms with E-state index in [1.54, 1.807) is 24.5 Å². The normalized spacial score (nSPS) is 18.3. The summed E-state index contributed by atoms with van der Waals surface area (Å²) in [7, 11) is 1.44. The number of aromatic hydroxyl groups is 1. The number of hydrogen-bond acceptors (Lipinski definition) is 8. The van der Waals surface area contributed by atoms with Crippen molar-refractivity contribution in [2.45, 2.75) is 76.7 Å². The summed E-state index contributed by atoms with van der Waals surface area (Å²) in [4.78, 5) is 33.9. The Morgan fingerprint density at radius 1 is 1.12 bits per heavy atom. The molecule has 3 aromatic rings. The molecule has 9 heteroatoms. The highest BCUT2D eigenvalue weighted by Gasteiger charge is 2.43. The lowest BCUT2D eigenvalue weighted by Crippen LogP contribution is -2.37. The zero-order valence-electron chi connectivity index (χ0n) is 25.0. The summed E-state index contributed by atoms with van der Waals surface area (Å²) < 4.78 is 5.53. The van der Waals surface area contributed by atoms with Crippen molar-refractivity contribution in [3.8, 4) is 11.5 Å².